The lowest BCUT2D eigenvalue weighted by Gasteiger charge is -2.34. The molecule has 0 bridgehead atoms. The molecule has 2 rings (SSSR count). The maximum Gasteiger partial charge on any atom is 0.220 e. The summed E-state index contributed by atoms with van der Waals surface area (Å²) in [5, 5.41) is 3.37. The molecule has 0 aromatic carbocycles. The maximum absolute atomic E-state index is 11.0. The van der Waals surface area contributed by atoms with Crippen LogP contribution in [0.25, 0.3) is 0 Å². The monoisotopic (exact) mass is 197 g/mol. The highest BCUT2D eigenvalue weighted by atomic mass is 16.1. The lowest BCUT2D eigenvalue weighted by Crippen LogP contribution is -2.44. The second kappa shape index (κ2) is 4.28. The summed E-state index contributed by atoms with van der Waals surface area (Å²) in [4.78, 5) is 13.5. The van der Waals surface area contributed by atoms with Gasteiger partial charge in [0.25, 0.3) is 0 Å². The topological polar surface area (TPSA) is 58.4 Å². The van der Waals surface area contributed by atoms with E-state index in [2.05, 4.69) is 10.2 Å². The fourth-order valence-electron chi connectivity index (χ4n) is 2.50. The number of rotatable bonds is 2. The minimum atomic E-state index is -0.116. The third-order valence-corrected chi connectivity index (χ3v) is 3.48. The summed E-state index contributed by atoms with van der Waals surface area (Å²) in [6.07, 6.45) is 3.15. The molecule has 80 valence electrons. The van der Waals surface area contributed by atoms with Gasteiger partial charge < -0.3 is 11.1 Å². The minimum absolute atomic E-state index is 0.116. The predicted octanol–water partition coefficient (Wildman–Crippen LogP) is -0.454. The molecule has 2 aliphatic heterocycles. The molecule has 0 radical (unpaired) electrons. The van der Waals surface area contributed by atoms with Crippen molar-refractivity contribution in [2.24, 2.45) is 11.7 Å². The van der Waals surface area contributed by atoms with Crippen molar-refractivity contribution in [2.75, 3.05) is 26.2 Å². The van der Waals surface area contributed by atoms with Crippen LogP contribution < -0.4 is 11.1 Å². The molecule has 2 saturated heterocycles. The normalized spacial score (nSPS) is 30.7. The van der Waals surface area contributed by atoms with Gasteiger partial charge in [0.2, 0.25) is 5.91 Å². The van der Waals surface area contributed by atoms with E-state index in [9.17, 15) is 4.79 Å². The lowest BCUT2D eigenvalue weighted by atomic mass is 9.95. The Kier molecular flexibility index (Phi) is 3.03. The summed E-state index contributed by atoms with van der Waals surface area (Å²) in [5.41, 5.74) is 5.30. The molecular formula is C10H19N3O. The summed E-state index contributed by atoms with van der Waals surface area (Å²) < 4.78 is 0. The number of nitrogens with two attached hydrogens (primary N) is 1. The number of carbonyl (C=O) groups excluding carboxylic acids is 1. The molecule has 1 atom stereocenters. The second-order valence-electron chi connectivity index (χ2n) is 4.36. The van der Waals surface area contributed by atoms with Gasteiger partial charge in [0, 0.05) is 18.5 Å². The van der Waals surface area contributed by atoms with Crippen LogP contribution in [0.2, 0.25) is 0 Å². The van der Waals surface area contributed by atoms with Crippen LogP contribution in [0.3, 0.4) is 0 Å². The Balaban J connectivity index is 1.80. The highest BCUT2D eigenvalue weighted by Gasteiger charge is 2.28. The number of nitrogens with one attached hydrogen (secondary N) is 1. The summed E-state index contributed by atoms with van der Waals surface area (Å²) >= 11 is 0. The largest absolute Gasteiger partial charge is 0.369 e. The van der Waals surface area contributed by atoms with Crippen LogP contribution in [0.1, 0.15) is 19.3 Å². The van der Waals surface area contributed by atoms with E-state index in [1.807, 2.05) is 0 Å². The van der Waals surface area contributed by atoms with Gasteiger partial charge in [-0.05, 0) is 38.9 Å². The van der Waals surface area contributed by atoms with Crippen LogP contribution >= 0.6 is 0 Å². The molecule has 0 aliphatic carbocycles. The van der Waals surface area contributed by atoms with Gasteiger partial charge in [-0.15, -0.1) is 0 Å². The Hall–Kier alpha value is -0.610. The second-order valence-corrected chi connectivity index (χ2v) is 4.36. The Labute approximate surface area is 84.8 Å². The molecule has 4 nitrogen and oxygen atoms in total. The number of likely N-dealkylation sites (tertiary alicyclic amines) is 1. The fraction of sp³-hybridized carbons (Fsp3) is 0.900. The standard InChI is InChI=1S/C10H19N3O/c11-10(14)8-2-5-13(6-3-8)9-1-4-12-7-9/h8-9,12H,1-7H2,(H2,11,14). The first-order valence-electron chi connectivity index (χ1n) is 5.51. The van der Waals surface area contributed by atoms with Gasteiger partial charge in [0.05, 0.1) is 0 Å². The van der Waals surface area contributed by atoms with E-state index in [0.29, 0.717) is 6.04 Å². The molecule has 1 unspecified atom stereocenters. The smallest absolute Gasteiger partial charge is 0.220 e. The van der Waals surface area contributed by atoms with Crippen molar-refractivity contribution < 1.29 is 4.79 Å². The molecule has 1 amide bonds. The van der Waals surface area contributed by atoms with Crippen molar-refractivity contribution >= 4 is 5.91 Å². The van der Waals surface area contributed by atoms with Crippen LogP contribution in [-0.4, -0.2) is 43.0 Å². The minimum Gasteiger partial charge on any atom is -0.369 e. The zero-order chi connectivity index (χ0) is 9.97. The molecule has 2 aliphatic rings. The first-order chi connectivity index (χ1) is 6.77. The number of hydrogen-bond acceptors (Lipinski definition) is 3. The Bertz CT molecular complexity index is 205. The summed E-state index contributed by atoms with van der Waals surface area (Å²) in [5.74, 6) is 0.00908. The molecule has 14 heavy (non-hydrogen) atoms. The van der Waals surface area contributed by atoms with Crippen molar-refractivity contribution in [2.45, 2.75) is 25.3 Å². The van der Waals surface area contributed by atoms with Crippen LogP contribution in [0.15, 0.2) is 0 Å². The predicted molar refractivity (Wildman–Crippen MR) is 54.8 cm³/mol. The van der Waals surface area contributed by atoms with Crippen LogP contribution in [-0.2, 0) is 4.79 Å². The first-order valence-corrected chi connectivity index (χ1v) is 5.51. The van der Waals surface area contributed by atoms with Crippen molar-refractivity contribution in [1.29, 1.82) is 0 Å². The zero-order valence-corrected chi connectivity index (χ0v) is 8.54. The molecule has 2 fully saturated rings. The van der Waals surface area contributed by atoms with Crippen LogP contribution in [0.5, 0.6) is 0 Å². The number of carbonyl (C=O) groups is 1. The lowest BCUT2D eigenvalue weighted by molar-refractivity contribution is -0.123. The molecule has 0 aromatic heterocycles. The molecule has 0 saturated carbocycles. The highest BCUT2D eigenvalue weighted by molar-refractivity contribution is 5.76. The number of nitrogens with zero attached hydrogens (tertiary/aromatic N) is 1. The average Bonchev–Trinajstić information content (AvgIpc) is 2.71. The van der Waals surface area contributed by atoms with E-state index in [4.69, 9.17) is 5.73 Å². The van der Waals surface area contributed by atoms with Gasteiger partial charge in [-0.25, -0.2) is 0 Å². The van der Waals surface area contributed by atoms with Crippen LogP contribution in [0, 0.1) is 5.92 Å². The molecule has 0 aromatic rings. The maximum atomic E-state index is 11.0. The van der Waals surface area contributed by atoms with Crippen molar-refractivity contribution in [3.05, 3.63) is 0 Å². The van der Waals surface area contributed by atoms with Gasteiger partial charge >= 0.3 is 0 Å². The molecule has 2 heterocycles. The highest BCUT2D eigenvalue weighted by Crippen LogP contribution is 2.20. The van der Waals surface area contributed by atoms with E-state index >= 15 is 0 Å². The summed E-state index contributed by atoms with van der Waals surface area (Å²) in [6.45, 7) is 4.33. The van der Waals surface area contributed by atoms with Gasteiger partial charge in [-0.2, -0.15) is 0 Å². The SMILES string of the molecule is NC(=O)C1CCN(C2CCNC2)CC1. The summed E-state index contributed by atoms with van der Waals surface area (Å²) in [6, 6.07) is 0.698. The van der Waals surface area contributed by atoms with Gasteiger partial charge in [-0.3, -0.25) is 9.69 Å². The number of primary amides is 1. The van der Waals surface area contributed by atoms with Crippen molar-refractivity contribution in [3.8, 4) is 0 Å². The van der Waals surface area contributed by atoms with E-state index < -0.39 is 0 Å². The van der Waals surface area contributed by atoms with E-state index in [0.717, 1.165) is 39.0 Å². The van der Waals surface area contributed by atoms with Gasteiger partial charge in [-0.1, -0.05) is 0 Å². The number of hydrogen-bond donors (Lipinski definition) is 2. The van der Waals surface area contributed by atoms with Gasteiger partial charge in [0.15, 0.2) is 0 Å². The fourth-order valence-corrected chi connectivity index (χ4v) is 2.50. The van der Waals surface area contributed by atoms with E-state index in [-0.39, 0.29) is 11.8 Å². The first kappa shape index (κ1) is 9.93. The van der Waals surface area contributed by atoms with Gasteiger partial charge in [0.1, 0.15) is 0 Å². The average molecular weight is 197 g/mol. The third kappa shape index (κ3) is 2.07. The Morgan fingerprint density at radius 2 is 2.00 bits per heavy atom. The number of amides is 1. The van der Waals surface area contributed by atoms with Crippen LogP contribution in [0.4, 0.5) is 0 Å². The Morgan fingerprint density at radius 1 is 1.29 bits per heavy atom. The summed E-state index contributed by atoms with van der Waals surface area (Å²) in [7, 11) is 0. The van der Waals surface area contributed by atoms with Crippen molar-refractivity contribution in [1.82, 2.24) is 10.2 Å². The zero-order valence-electron chi connectivity index (χ0n) is 8.54. The molecule has 4 heteroatoms. The van der Waals surface area contributed by atoms with E-state index in [1.54, 1.807) is 0 Å². The number of piperidine rings is 1. The van der Waals surface area contributed by atoms with E-state index in [1.165, 1.54) is 6.42 Å². The molecule has 3 N–H and O–H groups in total. The molecular weight excluding hydrogens is 178 g/mol. The third-order valence-electron chi connectivity index (χ3n) is 3.48. The quantitative estimate of drug-likeness (QED) is 0.630. The Morgan fingerprint density at radius 3 is 2.50 bits per heavy atom. The molecule has 0 spiro atoms. The van der Waals surface area contributed by atoms with Crippen molar-refractivity contribution in [3.63, 3.8) is 0 Å².